The lowest BCUT2D eigenvalue weighted by Gasteiger charge is -2.16. The van der Waals surface area contributed by atoms with Crippen molar-refractivity contribution < 1.29 is 4.79 Å². The zero-order chi connectivity index (χ0) is 13.0. The highest BCUT2D eigenvalue weighted by molar-refractivity contribution is 5.71. The molecule has 2 aromatic carbocycles. The Labute approximate surface area is 108 Å². The molecule has 2 rings (SSSR count). The normalized spacial score (nSPS) is 12.1. The maximum absolute atomic E-state index is 10.7. The minimum Gasteiger partial charge on any atom is -0.303 e. The Balaban J connectivity index is 2.51. The average molecular weight is 238 g/mol. The van der Waals surface area contributed by atoms with E-state index in [1.807, 2.05) is 6.07 Å². The molecule has 0 fully saturated rings. The van der Waals surface area contributed by atoms with Crippen molar-refractivity contribution in [1.82, 2.24) is 0 Å². The molecule has 0 bridgehead atoms. The van der Waals surface area contributed by atoms with E-state index in [1.54, 1.807) is 0 Å². The molecular formula is C17H18O. The molecule has 1 nitrogen and oxygen atoms in total. The quantitative estimate of drug-likeness (QED) is 0.723. The van der Waals surface area contributed by atoms with Crippen LogP contribution in [0.15, 0.2) is 48.5 Å². The van der Waals surface area contributed by atoms with Gasteiger partial charge < -0.3 is 4.79 Å². The van der Waals surface area contributed by atoms with Crippen LogP contribution < -0.4 is 0 Å². The first-order chi connectivity index (χ1) is 8.74. The Morgan fingerprint density at radius 3 is 2.28 bits per heavy atom. The smallest absolute Gasteiger partial charge is 0.120 e. The summed E-state index contributed by atoms with van der Waals surface area (Å²) in [5, 5.41) is 0. The summed E-state index contributed by atoms with van der Waals surface area (Å²) in [4.78, 5) is 10.7. The topological polar surface area (TPSA) is 17.1 Å². The molecule has 0 amide bonds. The second-order valence-electron chi connectivity index (χ2n) is 4.71. The van der Waals surface area contributed by atoms with Gasteiger partial charge in [0.2, 0.25) is 0 Å². The number of aldehydes is 1. The minimum absolute atomic E-state index is 0.262. The van der Waals surface area contributed by atoms with Crippen LogP contribution in [-0.2, 0) is 4.79 Å². The Morgan fingerprint density at radius 1 is 1.00 bits per heavy atom. The lowest BCUT2D eigenvalue weighted by atomic mass is 9.88. The molecule has 1 unspecified atom stereocenters. The highest BCUT2D eigenvalue weighted by Crippen LogP contribution is 2.32. The first-order valence-electron chi connectivity index (χ1n) is 6.32. The lowest BCUT2D eigenvalue weighted by Crippen LogP contribution is -1.98. The molecule has 1 heteroatoms. The van der Waals surface area contributed by atoms with Crippen molar-refractivity contribution in [3.63, 3.8) is 0 Å². The molecule has 0 aromatic heterocycles. The second-order valence-corrected chi connectivity index (χ2v) is 4.71. The van der Waals surface area contributed by atoms with E-state index >= 15 is 0 Å². The number of benzene rings is 2. The standard InChI is InChI=1S/C17H18O/c1-13-7-3-4-8-15(13)17-10-6-5-9-16(17)14(2)11-12-18/h3-10,12,14H,11H2,1-2H3. The predicted molar refractivity (Wildman–Crippen MR) is 75.7 cm³/mol. The Kier molecular flexibility index (Phi) is 3.93. The third-order valence-electron chi connectivity index (χ3n) is 3.38. The number of rotatable bonds is 4. The van der Waals surface area contributed by atoms with Gasteiger partial charge in [-0.25, -0.2) is 0 Å². The van der Waals surface area contributed by atoms with Crippen LogP contribution in [0.25, 0.3) is 11.1 Å². The third kappa shape index (κ3) is 2.51. The number of hydrogen-bond acceptors (Lipinski definition) is 1. The van der Waals surface area contributed by atoms with E-state index in [1.165, 1.54) is 22.3 Å². The molecule has 0 N–H and O–H groups in total. The minimum atomic E-state index is 0.262. The fraction of sp³-hybridized carbons (Fsp3) is 0.235. The molecule has 0 spiro atoms. The van der Waals surface area contributed by atoms with E-state index in [0.717, 1.165) is 6.29 Å². The fourth-order valence-electron chi connectivity index (χ4n) is 2.32. The number of carbonyl (C=O) groups is 1. The summed E-state index contributed by atoms with van der Waals surface area (Å²) in [6, 6.07) is 16.7. The Bertz CT molecular complexity index is 543. The number of hydrogen-bond donors (Lipinski definition) is 0. The van der Waals surface area contributed by atoms with Crippen LogP contribution in [0.3, 0.4) is 0 Å². The van der Waals surface area contributed by atoms with Gasteiger partial charge in [0, 0.05) is 6.42 Å². The largest absolute Gasteiger partial charge is 0.303 e. The second kappa shape index (κ2) is 5.63. The molecule has 1 atom stereocenters. The molecular weight excluding hydrogens is 220 g/mol. The van der Waals surface area contributed by atoms with Crippen molar-refractivity contribution in [2.45, 2.75) is 26.2 Å². The average Bonchev–Trinajstić information content (AvgIpc) is 2.40. The zero-order valence-corrected chi connectivity index (χ0v) is 10.9. The summed E-state index contributed by atoms with van der Waals surface area (Å²) in [5.41, 5.74) is 5.01. The highest BCUT2D eigenvalue weighted by Gasteiger charge is 2.12. The molecule has 18 heavy (non-hydrogen) atoms. The van der Waals surface area contributed by atoms with Crippen molar-refractivity contribution in [3.05, 3.63) is 59.7 Å². The van der Waals surface area contributed by atoms with Gasteiger partial charge in [0.05, 0.1) is 0 Å². The SMILES string of the molecule is Cc1ccccc1-c1ccccc1C(C)CC=O. The van der Waals surface area contributed by atoms with E-state index in [4.69, 9.17) is 0 Å². The summed E-state index contributed by atoms with van der Waals surface area (Å²) in [6.07, 6.45) is 1.57. The molecule has 0 aliphatic heterocycles. The maximum Gasteiger partial charge on any atom is 0.120 e. The molecule has 0 aliphatic rings. The van der Waals surface area contributed by atoms with Gasteiger partial charge in [0.1, 0.15) is 6.29 Å². The predicted octanol–water partition coefficient (Wildman–Crippen LogP) is 4.35. The van der Waals surface area contributed by atoms with Gasteiger partial charge >= 0.3 is 0 Å². The van der Waals surface area contributed by atoms with Crippen LogP contribution in [0.5, 0.6) is 0 Å². The van der Waals surface area contributed by atoms with Crippen LogP contribution in [0.2, 0.25) is 0 Å². The van der Waals surface area contributed by atoms with Crippen molar-refractivity contribution in [2.75, 3.05) is 0 Å². The van der Waals surface area contributed by atoms with Gasteiger partial charge in [0.25, 0.3) is 0 Å². The maximum atomic E-state index is 10.7. The van der Waals surface area contributed by atoms with E-state index < -0.39 is 0 Å². The van der Waals surface area contributed by atoms with Crippen molar-refractivity contribution in [3.8, 4) is 11.1 Å². The Hall–Kier alpha value is -1.89. The number of carbonyl (C=O) groups excluding carboxylic acids is 1. The fourth-order valence-corrected chi connectivity index (χ4v) is 2.32. The number of aryl methyl sites for hydroxylation is 1. The van der Waals surface area contributed by atoms with Crippen LogP contribution in [-0.4, -0.2) is 6.29 Å². The van der Waals surface area contributed by atoms with E-state index in [-0.39, 0.29) is 5.92 Å². The summed E-state index contributed by atoms with van der Waals surface area (Å²) in [6.45, 7) is 4.22. The summed E-state index contributed by atoms with van der Waals surface area (Å²) in [5.74, 6) is 0.262. The third-order valence-corrected chi connectivity index (χ3v) is 3.38. The molecule has 0 saturated carbocycles. The van der Waals surface area contributed by atoms with E-state index in [0.29, 0.717) is 6.42 Å². The Morgan fingerprint density at radius 2 is 1.61 bits per heavy atom. The first-order valence-corrected chi connectivity index (χ1v) is 6.32. The summed E-state index contributed by atoms with van der Waals surface area (Å²) >= 11 is 0. The van der Waals surface area contributed by atoms with Crippen LogP contribution in [0, 0.1) is 6.92 Å². The van der Waals surface area contributed by atoms with Crippen LogP contribution in [0.4, 0.5) is 0 Å². The van der Waals surface area contributed by atoms with Crippen molar-refractivity contribution >= 4 is 6.29 Å². The molecule has 0 radical (unpaired) electrons. The van der Waals surface area contributed by atoms with E-state index in [9.17, 15) is 4.79 Å². The summed E-state index contributed by atoms with van der Waals surface area (Å²) < 4.78 is 0. The molecule has 0 aliphatic carbocycles. The molecule has 92 valence electrons. The van der Waals surface area contributed by atoms with Crippen LogP contribution in [0.1, 0.15) is 30.4 Å². The molecule has 2 aromatic rings. The zero-order valence-electron chi connectivity index (χ0n) is 10.9. The molecule has 0 saturated heterocycles. The van der Waals surface area contributed by atoms with Crippen LogP contribution >= 0.6 is 0 Å². The van der Waals surface area contributed by atoms with E-state index in [2.05, 4.69) is 56.3 Å². The van der Waals surface area contributed by atoms with Gasteiger partial charge in [-0.05, 0) is 35.1 Å². The van der Waals surface area contributed by atoms with Gasteiger partial charge in [0.15, 0.2) is 0 Å². The van der Waals surface area contributed by atoms with Gasteiger partial charge in [-0.1, -0.05) is 55.5 Å². The summed E-state index contributed by atoms with van der Waals surface area (Å²) in [7, 11) is 0. The lowest BCUT2D eigenvalue weighted by molar-refractivity contribution is -0.108. The van der Waals surface area contributed by atoms with Crippen molar-refractivity contribution in [2.24, 2.45) is 0 Å². The molecule has 0 heterocycles. The van der Waals surface area contributed by atoms with Gasteiger partial charge in [-0.2, -0.15) is 0 Å². The van der Waals surface area contributed by atoms with Gasteiger partial charge in [-0.15, -0.1) is 0 Å². The van der Waals surface area contributed by atoms with Gasteiger partial charge in [-0.3, -0.25) is 0 Å². The highest BCUT2D eigenvalue weighted by atomic mass is 16.1. The van der Waals surface area contributed by atoms with Crippen molar-refractivity contribution in [1.29, 1.82) is 0 Å². The monoisotopic (exact) mass is 238 g/mol. The first kappa shape index (κ1) is 12.6.